The largest absolute Gasteiger partial charge is 0.394 e. The lowest BCUT2D eigenvalue weighted by Gasteiger charge is -2.33. The molecule has 3 N–H and O–H groups in total. The molecular weight excluding hydrogens is 306 g/mol. The number of urea groups is 1. The lowest BCUT2D eigenvalue weighted by molar-refractivity contribution is 0.0635. The second kappa shape index (κ2) is 7.66. The standard InChI is InChI=1S/C18H27N3O3/c1-13-6-4-5-11-21(13)16(23)14-7-9-15(10-8-14)19-17(24)20-18(2,3)12-22/h7-10,13,22H,4-6,11-12H2,1-3H3,(H2,19,20,24). The molecule has 24 heavy (non-hydrogen) atoms. The van der Waals surface area contributed by atoms with E-state index in [2.05, 4.69) is 17.6 Å². The number of hydrogen-bond donors (Lipinski definition) is 3. The molecular formula is C18H27N3O3. The summed E-state index contributed by atoms with van der Waals surface area (Å²) in [5.41, 5.74) is 0.541. The van der Waals surface area contributed by atoms with E-state index >= 15 is 0 Å². The number of aliphatic hydroxyl groups is 1. The van der Waals surface area contributed by atoms with Gasteiger partial charge in [0, 0.05) is 23.8 Å². The van der Waals surface area contributed by atoms with Crippen LogP contribution in [0, 0.1) is 0 Å². The highest BCUT2D eigenvalue weighted by molar-refractivity contribution is 5.95. The zero-order valence-corrected chi connectivity index (χ0v) is 14.6. The van der Waals surface area contributed by atoms with Crippen LogP contribution in [-0.2, 0) is 0 Å². The number of piperidine rings is 1. The van der Waals surface area contributed by atoms with Crippen molar-refractivity contribution in [3.63, 3.8) is 0 Å². The molecule has 0 bridgehead atoms. The first-order valence-corrected chi connectivity index (χ1v) is 8.43. The molecule has 1 aliphatic heterocycles. The predicted octanol–water partition coefficient (Wildman–Crippen LogP) is 2.59. The fourth-order valence-electron chi connectivity index (χ4n) is 2.77. The molecule has 1 heterocycles. The highest BCUT2D eigenvalue weighted by Gasteiger charge is 2.24. The molecule has 6 nitrogen and oxygen atoms in total. The molecule has 0 aliphatic carbocycles. The third kappa shape index (κ3) is 4.71. The Morgan fingerprint density at radius 3 is 2.50 bits per heavy atom. The average molecular weight is 333 g/mol. The lowest BCUT2D eigenvalue weighted by Crippen LogP contribution is -2.48. The smallest absolute Gasteiger partial charge is 0.319 e. The number of anilines is 1. The van der Waals surface area contributed by atoms with Gasteiger partial charge in [-0.25, -0.2) is 4.79 Å². The SMILES string of the molecule is CC1CCCCN1C(=O)c1ccc(NC(=O)NC(C)(C)CO)cc1. The van der Waals surface area contributed by atoms with Crippen molar-refractivity contribution in [2.75, 3.05) is 18.5 Å². The van der Waals surface area contributed by atoms with Gasteiger partial charge in [-0.15, -0.1) is 0 Å². The first-order chi connectivity index (χ1) is 11.3. The number of nitrogens with zero attached hydrogens (tertiary/aromatic N) is 1. The Bertz CT molecular complexity index is 584. The highest BCUT2D eigenvalue weighted by Crippen LogP contribution is 2.20. The Balaban J connectivity index is 1.97. The average Bonchev–Trinajstić information content (AvgIpc) is 2.55. The van der Waals surface area contributed by atoms with Crippen LogP contribution in [0.15, 0.2) is 24.3 Å². The van der Waals surface area contributed by atoms with Gasteiger partial charge in [-0.05, 0) is 64.3 Å². The monoisotopic (exact) mass is 333 g/mol. The maximum Gasteiger partial charge on any atom is 0.319 e. The van der Waals surface area contributed by atoms with Gasteiger partial charge in [0.2, 0.25) is 0 Å². The molecule has 6 heteroatoms. The van der Waals surface area contributed by atoms with Gasteiger partial charge in [0.25, 0.3) is 5.91 Å². The zero-order valence-electron chi connectivity index (χ0n) is 14.6. The van der Waals surface area contributed by atoms with Gasteiger partial charge >= 0.3 is 6.03 Å². The Kier molecular flexibility index (Phi) is 5.83. The van der Waals surface area contributed by atoms with Gasteiger partial charge in [-0.1, -0.05) is 0 Å². The number of nitrogens with one attached hydrogen (secondary N) is 2. The van der Waals surface area contributed by atoms with E-state index in [-0.39, 0.29) is 18.6 Å². The number of rotatable bonds is 4. The van der Waals surface area contributed by atoms with Crippen LogP contribution < -0.4 is 10.6 Å². The van der Waals surface area contributed by atoms with Crippen molar-refractivity contribution >= 4 is 17.6 Å². The van der Waals surface area contributed by atoms with Crippen LogP contribution in [0.5, 0.6) is 0 Å². The maximum atomic E-state index is 12.6. The van der Waals surface area contributed by atoms with E-state index < -0.39 is 11.6 Å². The van der Waals surface area contributed by atoms with Crippen molar-refractivity contribution in [2.45, 2.75) is 51.6 Å². The molecule has 1 aromatic rings. The van der Waals surface area contributed by atoms with Gasteiger partial charge in [0.15, 0.2) is 0 Å². The van der Waals surface area contributed by atoms with Crippen LogP contribution in [0.25, 0.3) is 0 Å². The number of hydrogen-bond acceptors (Lipinski definition) is 3. The maximum absolute atomic E-state index is 12.6. The fraction of sp³-hybridized carbons (Fsp3) is 0.556. The minimum atomic E-state index is -0.690. The number of amides is 3. The fourth-order valence-corrected chi connectivity index (χ4v) is 2.77. The van der Waals surface area contributed by atoms with Gasteiger partial charge < -0.3 is 20.6 Å². The van der Waals surface area contributed by atoms with E-state index in [0.717, 1.165) is 19.4 Å². The second-order valence-electron chi connectivity index (χ2n) is 7.04. The van der Waals surface area contributed by atoms with Crippen LogP contribution in [0.1, 0.15) is 50.4 Å². The number of likely N-dealkylation sites (tertiary alicyclic amines) is 1. The van der Waals surface area contributed by atoms with Crippen LogP contribution in [0.4, 0.5) is 10.5 Å². The van der Waals surface area contributed by atoms with Crippen molar-refractivity contribution in [3.8, 4) is 0 Å². The van der Waals surface area contributed by atoms with Crippen molar-refractivity contribution in [1.29, 1.82) is 0 Å². The van der Waals surface area contributed by atoms with Crippen molar-refractivity contribution in [1.82, 2.24) is 10.2 Å². The number of carbonyl (C=O) groups is 2. The highest BCUT2D eigenvalue weighted by atomic mass is 16.3. The molecule has 1 aromatic carbocycles. The second-order valence-corrected chi connectivity index (χ2v) is 7.04. The molecule has 132 valence electrons. The van der Waals surface area contributed by atoms with E-state index in [0.29, 0.717) is 11.3 Å². The van der Waals surface area contributed by atoms with Gasteiger partial charge in [0.1, 0.15) is 0 Å². The first-order valence-electron chi connectivity index (χ1n) is 8.43. The van der Waals surface area contributed by atoms with Crippen molar-refractivity contribution in [2.24, 2.45) is 0 Å². The summed E-state index contributed by atoms with van der Waals surface area (Å²) in [5.74, 6) is 0.0413. The molecule has 1 unspecified atom stereocenters. The van der Waals surface area contributed by atoms with E-state index in [9.17, 15) is 9.59 Å². The number of benzene rings is 1. The lowest BCUT2D eigenvalue weighted by atomic mass is 10.0. The predicted molar refractivity (Wildman–Crippen MR) is 94.1 cm³/mol. The van der Waals surface area contributed by atoms with Crippen molar-refractivity contribution < 1.29 is 14.7 Å². The summed E-state index contributed by atoms with van der Waals surface area (Å²) in [6.07, 6.45) is 3.27. The molecule has 1 aliphatic rings. The molecule has 0 spiro atoms. The van der Waals surface area contributed by atoms with E-state index in [1.54, 1.807) is 38.1 Å². The Morgan fingerprint density at radius 2 is 1.92 bits per heavy atom. The summed E-state index contributed by atoms with van der Waals surface area (Å²) < 4.78 is 0. The summed E-state index contributed by atoms with van der Waals surface area (Å²) in [6, 6.07) is 6.78. The molecule has 3 amide bonds. The van der Waals surface area contributed by atoms with Gasteiger partial charge in [-0.3, -0.25) is 4.79 Å². The zero-order chi connectivity index (χ0) is 17.7. The van der Waals surface area contributed by atoms with Gasteiger partial charge in [-0.2, -0.15) is 0 Å². The Labute approximate surface area is 143 Å². The Hall–Kier alpha value is -2.08. The van der Waals surface area contributed by atoms with Crippen LogP contribution in [0.3, 0.4) is 0 Å². The molecule has 0 saturated carbocycles. The molecule has 0 radical (unpaired) electrons. The molecule has 1 saturated heterocycles. The molecule has 1 fully saturated rings. The summed E-state index contributed by atoms with van der Waals surface area (Å²) in [6.45, 7) is 6.20. The van der Waals surface area contributed by atoms with Crippen LogP contribution in [-0.4, -0.2) is 46.7 Å². The van der Waals surface area contributed by atoms with E-state index in [4.69, 9.17) is 5.11 Å². The van der Waals surface area contributed by atoms with Gasteiger partial charge in [0.05, 0.1) is 12.1 Å². The minimum Gasteiger partial charge on any atom is -0.394 e. The summed E-state index contributed by atoms with van der Waals surface area (Å²) in [4.78, 5) is 26.4. The molecule has 0 aromatic heterocycles. The summed E-state index contributed by atoms with van der Waals surface area (Å²) in [5, 5.41) is 14.5. The molecule has 2 rings (SSSR count). The Morgan fingerprint density at radius 1 is 1.25 bits per heavy atom. The number of aliphatic hydroxyl groups excluding tert-OH is 1. The summed E-state index contributed by atoms with van der Waals surface area (Å²) >= 11 is 0. The third-order valence-electron chi connectivity index (χ3n) is 4.30. The van der Waals surface area contributed by atoms with E-state index in [1.807, 2.05) is 4.90 Å². The first kappa shape index (κ1) is 18.3. The topological polar surface area (TPSA) is 81.7 Å². The summed E-state index contributed by atoms with van der Waals surface area (Å²) in [7, 11) is 0. The normalized spacial score (nSPS) is 18.2. The van der Waals surface area contributed by atoms with Crippen LogP contribution in [0.2, 0.25) is 0 Å². The minimum absolute atomic E-state index is 0.0413. The number of carbonyl (C=O) groups excluding carboxylic acids is 2. The van der Waals surface area contributed by atoms with Crippen molar-refractivity contribution in [3.05, 3.63) is 29.8 Å². The third-order valence-corrected chi connectivity index (χ3v) is 4.30. The quantitative estimate of drug-likeness (QED) is 0.792. The van der Waals surface area contributed by atoms with E-state index in [1.165, 1.54) is 6.42 Å². The molecule has 1 atom stereocenters. The van der Waals surface area contributed by atoms with Crippen LogP contribution >= 0.6 is 0 Å².